The summed E-state index contributed by atoms with van der Waals surface area (Å²) >= 11 is 0. The van der Waals surface area contributed by atoms with Crippen LogP contribution in [0.2, 0.25) is 0 Å². The minimum atomic E-state index is 0.379. The number of aryl methyl sites for hydroxylation is 1. The van der Waals surface area contributed by atoms with E-state index >= 15 is 0 Å². The Hall–Kier alpha value is -2.86. The Balaban J connectivity index is 1.91. The molecule has 0 fully saturated rings. The molecule has 0 radical (unpaired) electrons. The molecule has 3 rings (SSSR count). The number of nitriles is 1. The smallest absolute Gasteiger partial charge is 0.144 e. The van der Waals surface area contributed by atoms with Crippen LogP contribution in [0, 0.1) is 18.3 Å². The molecule has 22 heavy (non-hydrogen) atoms. The van der Waals surface area contributed by atoms with Crippen LogP contribution < -0.4 is 0 Å². The lowest BCUT2D eigenvalue weighted by atomic mass is 10.1. The molecular formula is C19H17N3. The third kappa shape index (κ3) is 2.77. The quantitative estimate of drug-likeness (QED) is 0.728. The molecule has 1 aromatic carbocycles. The van der Waals surface area contributed by atoms with Gasteiger partial charge in [-0.1, -0.05) is 42.5 Å². The van der Waals surface area contributed by atoms with E-state index in [1.54, 1.807) is 0 Å². The lowest BCUT2D eigenvalue weighted by Gasteiger charge is -2.01. The summed E-state index contributed by atoms with van der Waals surface area (Å²) in [6.45, 7) is 1.96. The zero-order valence-corrected chi connectivity index (χ0v) is 12.5. The summed E-state index contributed by atoms with van der Waals surface area (Å²) in [5.41, 5.74) is 5.16. The van der Waals surface area contributed by atoms with Crippen LogP contribution in [0.15, 0.2) is 54.7 Å². The van der Waals surface area contributed by atoms with Gasteiger partial charge >= 0.3 is 0 Å². The van der Waals surface area contributed by atoms with Crippen LogP contribution in [-0.2, 0) is 12.8 Å². The fourth-order valence-corrected chi connectivity index (χ4v) is 2.61. The molecule has 0 N–H and O–H groups in total. The number of fused-ring (bicyclic) bond motifs is 1. The topological polar surface area (TPSA) is 41.1 Å². The number of imidazole rings is 1. The summed E-state index contributed by atoms with van der Waals surface area (Å²) in [6, 6.07) is 16.6. The Morgan fingerprint density at radius 3 is 2.77 bits per heavy atom. The monoisotopic (exact) mass is 287 g/mol. The van der Waals surface area contributed by atoms with Crippen molar-refractivity contribution in [2.24, 2.45) is 0 Å². The van der Waals surface area contributed by atoms with E-state index < -0.39 is 0 Å². The van der Waals surface area contributed by atoms with E-state index in [1.807, 2.05) is 29.7 Å². The first-order valence-corrected chi connectivity index (χ1v) is 7.33. The van der Waals surface area contributed by atoms with Gasteiger partial charge in [-0.25, -0.2) is 4.98 Å². The third-order valence-corrected chi connectivity index (χ3v) is 3.72. The Bertz CT molecular complexity index is 852. The highest BCUT2D eigenvalue weighted by atomic mass is 15.0. The number of aromatic nitrogens is 2. The molecule has 0 spiro atoms. The first-order chi connectivity index (χ1) is 10.8. The van der Waals surface area contributed by atoms with Crippen LogP contribution >= 0.6 is 0 Å². The van der Waals surface area contributed by atoms with E-state index in [1.165, 1.54) is 5.56 Å². The molecule has 0 amide bonds. The minimum Gasteiger partial charge on any atom is -0.302 e. The normalized spacial score (nSPS) is 11.1. The molecule has 0 aliphatic carbocycles. The summed E-state index contributed by atoms with van der Waals surface area (Å²) in [7, 11) is 0. The second-order valence-electron chi connectivity index (χ2n) is 5.23. The molecule has 2 heterocycles. The van der Waals surface area contributed by atoms with Gasteiger partial charge in [0, 0.05) is 11.8 Å². The van der Waals surface area contributed by atoms with E-state index in [-0.39, 0.29) is 0 Å². The lowest BCUT2D eigenvalue weighted by molar-refractivity contribution is 1.03. The van der Waals surface area contributed by atoms with Crippen molar-refractivity contribution in [1.29, 1.82) is 5.26 Å². The second kappa shape index (κ2) is 6.28. The number of hydrogen-bond donors (Lipinski definition) is 0. The maximum atomic E-state index is 8.95. The molecule has 0 saturated heterocycles. The summed E-state index contributed by atoms with van der Waals surface area (Å²) in [4.78, 5) is 4.62. The highest BCUT2D eigenvalue weighted by Gasteiger charge is 2.09. The number of nitrogens with zero attached hydrogens (tertiary/aromatic N) is 3. The van der Waals surface area contributed by atoms with E-state index in [0.29, 0.717) is 6.42 Å². The van der Waals surface area contributed by atoms with Gasteiger partial charge in [-0.15, -0.1) is 0 Å². The minimum absolute atomic E-state index is 0.379. The Kier molecular flexibility index (Phi) is 4.02. The van der Waals surface area contributed by atoms with Gasteiger partial charge in [0.25, 0.3) is 0 Å². The van der Waals surface area contributed by atoms with Gasteiger partial charge in [-0.05, 0) is 31.0 Å². The SMILES string of the molecule is Cc1nc2c(/C=C/Cc3ccccc3)cccn2c1CC#N. The van der Waals surface area contributed by atoms with Crippen molar-refractivity contribution >= 4 is 11.7 Å². The zero-order valence-electron chi connectivity index (χ0n) is 12.5. The van der Waals surface area contributed by atoms with Crippen molar-refractivity contribution in [1.82, 2.24) is 9.38 Å². The molecule has 0 aliphatic heterocycles. The lowest BCUT2D eigenvalue weighted by Crippen LogP contribution is -1.93. The van der Waals surface area contributed by atoms with Gasteiger partial charge in [0.15, 0.2) is 0 Å². The number of hydrogen-bond acceptors (Lipinski definition) is 2. The van der Waals surface area contributed by atoms with Crippen LogP contribution in [0.3, 0.4) is 0 Å². The second-order valence-corrected chi connectivity index (χ2v) is 5.23. The molecule has 108 valence electrons. The standard InChI is InChI=1S/C19H17N3/c1-15-18(12-13-20)22-14-6-11-17(19(22)21-15)10-5-9-16-7-3-2-4-8-16/h2-8,10-11,14H,9,12H2,1H3/b10-5+. The predicted molar refractivity (Wildman–Crippen MR) is 88.4 cm³/mol. The van der Waals surface area contributed by atoms with Crippen LogP contribution in [0.1, 0.15) is 22.5 Å². The molecule has 0 aliphatic rings. The fraction of sp³-hybridized carbons (Fsp3) is 0.158. The van der Waals surface area contributed by atoms with Crippen molar-refractivity contribution in [3.8, 4) is 6.07 Å². The number of rotatable bonds is 4. The third-order valence-electron chi connectivity index (χ3n) is 3.72. The van der Waals surface area contributed by atoms with E-state index in [9.17, 15) is 0 Å². The highest BCUT2D eigenvalue weighted by molar-refractivity contribution is 5.66. The number of benzene rings is 1. The van der Waals surface area contributed by atoms with Gasteiger partial charge in [-0.3, -0.25) is 0 Å². The number of pyridine rings is 1. The van der Waals surface area contributed by atoms with Crippen LogP contribution in [0.25, 0.3) is 11.7 Å². The van der Waals surface area contributed by atoms with Crippen molar-refractivity contribution in [2.45, 2.75) is 19.8 Å². The average Bonchev–Trinajstić information content (AvgIpc) is 2.86. The van der Waals surface area contributed by atoms with Crippen molar-refractivity contribution in [3.63, 3.8) is 0 Å². The summed E-state index contributed by atoms with van der Waals surface area (Å²) < 4.78 is 2.01. The van der Waals surface area contributed by atoms with Crippen molar-refractivity contribution in [3.05, 3.63) is 77.3 Å². The number of allylic oxidation sites excluding steroid dienone is 1. The molecule has 3 nitrogen and oxygen atoms in total. The molecule has 3 aromatic rings. The Morgan fingerprint density at radius 1 is 1.18 bits per heavy atom. The summed E-state index contributed by atoms with van der Waals surface area (Å²) in [5, 5.41) is 8.95. The molecule has 3 heteroatoms. The van der Waals surface area contributed by atoms with E-state index in [4.69, 9.17) is 5.26 Å². The van der Waals surface area contributed by atoms with Gasteiger partial charge in [-0.2, -0.15) is 5.26 Å². The van der Waals surface area contributed by atoms with E-state index in [2.05, 4.69) is 53.5 Å². The molecule has 0 saturated carbocycles. The highest BCUT2D eigenvalue weighted by Crippen LogP contribution is 2.17. The predicted octanol–water partition coefficient (Wildman–Crippen LogP) is 3.96. The summed E-state index contributed by atoms with van der Waals surface area (Å²) in [6.07, 6.45) is 7.50. The van der Waals surface area contributed by atoms with Crippen LogP contribution in [0.4, 0.5) is 0 Å². The molecular weight excluding hydrogens is 270 g/mol. The van der Waals surface area contributed by atoms with Crippen LogP contribution in [0.5, 0.6) is 0 Å². The summed E-state index contributed by atoms with van der Waals surface area (Å²) in [5.74, 6) is 0. The Morgan fingerprint density at radius 2 is 2.00 bits per heavy atom. The molecule has 2 aromatic heterocycles. The van der Waals surface area contributed by atoms with Crippen molar-refractivity contribution < 1.29 is 0 Å². The fourth-order valence-electron chi connectivity index (χ4n) is 2.61. The van der Waals surface area contributed by atoms with Crippen molar-refractivity contribution in [2.75, 3.05) is 0 Å². The molecule has 0 unspecified atom stereocenters. The van der Waals surface area contributed by atoms with Crippen LogP contribution in [-0.4, -0.2) is 9.38 Å². The maximum Gasteiger partial charge on any atom is 0.144 e. The van der Waals surface area contributed by atoms with E-state index in [0.717, 1.165) is 29.0 Å². The maximum absolute atomic E-state index is 8.95. The van der Waals surface area contributed by atoms with Gasteiger partial charge in [0.05, 0.1) is 23.9 Å². The zero-order chi connectivity index (χ0) is 15.4. The first-order valence-electron chi connectivity index (χ1n) is 7.33. The Labute approximate surface area is 130 Å². The molecule has 0 bridgehead atoms. The average molecular weight is 287 g/mol. The van der Waals surface area contributed by atoms with Gasteiger partial charge in [0.2, 0.25) is 0 Å². The largest absolute Gasteiger partial charge is 0.302 e. The van der Waals surface area contributed by atoms with Gasteiger partial charge in [0.1, 0.15) is 5.65 Å². The van der Waals surface area contributed by atoms with Gasteiger partial charge < -0.3 is 4.40 Å². The molecule has 0 atom stereocenters. The first kappa shape index (κ1) is 14.1.